The molecule has 4 rings (SSSR count). The van der Waals surface area contributed by atoms with Crippen molar-refractivity contribution in [3.05, 3.63) is 22.4 Å². The van der Waals surface area contributed by atoms with Crippen molar-refractivity contribution in [3.63, 3.8) is 0 Å². The Morgan fingerprint density at radius 3 is 2.67 bits per heavy atom. The first-order valence-corrected chi connectivity index (χ1v) is 10.3. The summed E-state index contributed by atoms with van der Waals surface area (Å²) in [6.45, 7) is 6.51. The second kappa shape index (κ2) is 6.77. The Bertz CT molecular complexity index is 559. The Hall–Kier alpha value is -0.910. The van der Waals surface area contributed by atoms with Gasteiger partial charge in [0.2, 0.25) is 5.91 Å². The minimum absolute atomic E-state index is 0.131. The van der Waals surface area contributed by atoms with E-state index in [0.717, 1.165) is 32.6 Å². The van der Waals surface area contributed by atoms with Gasteiger partial charge in [0.05, 0.1) is 6.04 Å². The smallest absolute Gasteiger partial charge is 0.239 e. The van der Waals surface area contributed by atoms with Gasteiger partial charge in [-0.05, 0) is 69.1 Å². The molecule has 0 bridgehead atoms. The number of carbonyl (C=O) groups excluding carboxylic acids is 1. The van der Waals surface area contributed by atoms with Gasteiger partial charge in [-0.25, -0.2) is 0 Å². The highest BCUT2D eigenvalue weighted by atomic mass is 32.1. The van der Waals surface area contributed by atoms with Crippen LogP contribution in [0.15, 0.2) is 17.5 Å². The highest BCUT2D eigenvalue weighted by Crippen LogP contribution is 2.43. The van der Waals surface area contributed by atoms with Crippen molar-refractivity contribution in [2.45, 2.75) is 44.7 Å². The molecule has 1 aromatic heterocycles. The van der Waals surface area contributed by atoms with Crippen LogP contribution in [0.2, 0.25) is 0 Å². The average molecular weight is 348 g/mol. The van der Waals surface area contributed by atoms with E-state index in [-0.39, 0.29) is 6.04 Å². The summed E-state index contributed by atoms with van der Waals surface area (Å²) in [5, 5.41) is 2.17. The molecule has 5 heteroatoms. The zero-order valence-corrected chi connectivity index (χ0v) is 15.6. The molecule has 4 nitrogen and oxygen atoms in total. The van der Waals surface area contributed by atoms with Gasteiger partial charge in [0.1, 0.15) is 0 Å². The molecule has 0 radical (unpaired) electrons. The van der Waals surface area contributed by atoms with E-state index >= 15 is 0 Å². The molecule has 24 heavy (non-hydrogen) atoms. The van der Waals surface area contributed by atoms with Gasteiger partial charge in [0.15, 0.2) is 0 Å². The molecule has 1 amide bonds. The first kappa shape index (κ1) is 16.6. The molecule has 1 atom stereocenters. The molecule has 3 aliphatic heterocycles. The van der Waals surface area contributed by atoms with Gasteiger partial charge in [-0.2, -0.15) is 0 Å². The lowest BCUT2D eigenvalue weighted by Gasteiger charge is -2.39. The van der Waals surface area contributed by atoms with Crippen LogP contribution in [0.1, 0.15) is 37.0 Å². The van der Waals surface area contributed by atoms with Crippen molar-refractivity contribution in [2.24, 2.45) is 5.41 Å². The number of likely N-dealkylation sites (tertiary alicyclic amines) is 3. The number of hydrogen-bond acceptors (Lipinski definition) is 4. The van der Waals surface area contributed by atoms with E-state index in [0.29, 0.717) is 11.3 Å². The number of rotatable bonds is 3. The lowest BCUT2D eigenvalue weighted by Crippen LogP contribution is -2.42. The molecule has 4 heterocycles. The summed E-state index contributed by atoms with van der Waals surface area (Å²) in [5.74, 6) is 0.396. The standard InChI is InChI=1S/C19H29N3OS/c1-20-15-19(13-17(20)18(23)22-8-2-3-9-22)6-10-21(11-7-19)14-16-5-4-12-24-16/h4-5,12,17H,2-3,6-11,13-15H2,1H3. The Kier molecular flexibility index (Phi) is 4.67. The Labute approximate surface area is 149 Å². The second-order valence-electron chi connectivity index (χ2n) is 8.02. The summed E-state index contributed by atoms with van der Waals surface area (Å²) in [4.78, 5) is 21.3. The maximum absolute atomic E-state index is 12.8. The highest BCUT2D eigenvalue weighted by molar-refractivity contribution is 7.09. The first-order chi connectivity index (χ1) is 11.7. The van der Waals surface area contributed by atoms with E-state index in [1.165, 1.54) is 43.6 Å². The molecule has 0 aliphatic carbocycles. The average Bonchev–Trinajstić information content (AvgIpc) is 3.32. The monoisotopic (exact) mass is 347 g/mol. The summed E-state index contributed by atoms with van der Waals surface area (Å²) < 4.78 is 0. The second-order valence-corrected chi connectivity index (χ2v) is 9.06. The minimum atomic E-state index is 0.131. The van der Waals surface area contributed by atoms with E-state index in [9.17, 15) is 4.79 Å². The maximum Gasteiger partial charge on any atom is 0.239 e. The van der Waals surface area contributed by atoms with Gasteiger partial charge in [-0.1, -0.05) is 6.07 Å². The van der Waals surface area contributed by atoms with Gasteiger partial charge in [-0.3, -0.25) is 14.6 Å². The fourth-order valence-corrected chi connectivity index (χ4v) is 5.61. The largest absolute Gasteiger partial charge is 0.341 e. The first-order valence-electron chi connectivity index (χ1n) is 9.39. The van der Waals surface area contributed by atoms with Crippen LogP contribution in [0.4, 0.5) is 0 Å². The summed E-state index contributed by atoms with van der Waals surface area (Å²) >= 11 is 1.86. The van der Waals surface area contributed by atoms with Gasteiger partial charge < -0.3 is 4.90 Å². The Morgan fingerprint density at radius 1 is 1.25 bits per heavy atom. The number of nitrogens with zero attached hydrogens (tertiary/aromatic N) is 3. The van der Waals surface area contributed by atoms with Crippen molar-refractivity contribution in [3.8, 4) is 0 Å². The Morgan fingerprint density at radius 2 is 2.00 bits per heavy atom. The summed E-state index contributed by atoms with van der Waals surface area (Å²) in [7, 11) is 2.16. The third-order valence-corrected chi connectivity index (χ3v) is 7.18. The van der Waals surface area contributed by atoms with E-state index in [1.54, 1.807) is 0 Å². The predicted molar refractivity (Wildman–Crippen MR) is 98.1 cm³/mol. The van der Waals surface area contributed by atoms with Crippen molar-refractivity contribution < 1.29 is 4.79 Å². The summed E-state index contributed by atoms with van der Waals surface area (Å²) in [6, 6.07) is 4.52. The molecule has 132 valence electrons. The highest BCUT2D eigenvalue weighted by Gasteiger charge is 2.47. The van der Waals surface area contributed by atoms with Crippen molar-refractivity contribution in [1.82, 2.24) is 14.7 Å². The molecule has 0 saturated carbocycles. The predicted octanol–water partition coefficient (Wildman–Crippen LogP) is 2.66. The molecule has 1 aromatic rings. The van der Waals surface area contributed by atoms with Gasteiger partial charge >= 0.3 is 0 Å². The maximum atomic E-state index is 12.8. The van der Waals surface area contributed by atoms with Crippen LogP contribution in [0, 0.1) is 5.41 Å². The molecule has 3 fully saturated rings. The quantitative estimate of drug-likeness (QED) is 0.841. The molecule has 0 N–H and O–H groups in total. The van der Waals surface area contributed by atoms with E-state index in [1.807, 2.05) is 11.3 Å². The van der Waals surface area contributed by atoms with Crippen LogP contribution in [0.25, 0.3) is 0 Å². The molecular weight excluding hydrogens is 318 g/mol. The molecule has 0 aromatic carbocycles. The zero-order valence-electron chi connectivity index (χ0n) is 14.7. The van der Waals surface area contributed by atoms with Crippen LogP contribution in [0.3, 0.4) is 0 Å². The van der Waals surface area contributed by atoms with Crippen LogP contribution in [-0.2, 0) is 11.3 Å². The molecule has 3 aliphatic rings. The number of piperidine rings is 1. The van der Waals surface area contributed by atoms with Crippen LogP contribution >= 0.6 is 11.3 Å². The molecular formula is C19H29N3OS. The fraction of sp³-hybridized carbons (Fsp3) is 0.737. The third kappa shape index (κ3) is 3.26. The molecule has 1 unspecified atom stereocenters. The van der Waals surface area contributed by atoms with E-state index in [4.69, 9.17) is 0 Å². The number of hydrogen-bond donors (Lipinski definition) is 0. The zero-order chi connectivity index (χ0) is 16.6. The lowest BCUT2D eigenvalue weighted by molar-refractivity contribution is -0.134. The van der Waals surface area contributed by atoms with Gasteiger partial charge in [-0.15, -0.1) is 11.3 Å². The number of amides is 1. The summed E-state index contributed by atoms with van der Waals surface area (Å²) in [6.07, 6.45) is 5.93. The SMILES string of the molecule is CN1CC2(CCN(Cc3cccs3)CC2)CC1C(=O)N1CCCC1. The molecule has 1 spiro atoms. The van der Waals surface area contributed by atoms with E-state index in [2.05, 4.69) is 39.3 Å². The van der Waals surface area contributed by atoms with E-state index < -0.39 is 0 Å². The lowest BCUT2D eigenvalue weighted by atomic mass is 9.76. The van der Waals surface area contributed by atoms with Crippen LogP contribution < -0.4 is 0 Å². The van der Waals surface area contributed by atoms with Gasteiger partial charge in [0, 0.05) is 31.1 Å². The normalized spacial score (nSPS) is 28.0. The number of carbonyl (C=O) groups is 1. The summed E-state index contributed by atoms with van der Waals surface area (Å²) in [5.41, 5.74) is 0.376. The van der Waals surface area contributed by atoms with Crippen molar-refractivity contribution >= 4 is 17.2 Å². The third-order valence-electron chi connectivity index (χ3n) is 6.32. The Balaban J connectivity index is 1.34. The molecule has 3 saturated heterocycles. The van der Waals surface area contributed by atoms with Crippen LogP contribution in [0.5, 0.6) is 0 Å². The van der Waals surface area contributed by atoms with Gasteiger partial charge in [0.25, 0.3) is 0 Å². The van der Waals surface area contributed by atoms with Crippen molar-refractivity contribution in [1.29, 1.82) is 0 Å². The van der Waals surface area contributed by atoms with Crippen molar-refractivity contribution in [2.75, 3.05) is 39.8 Å². The van der Waals surface area contributed by atoms with Crippen LogP contribution in [-0.4, -0.2) is 66.4 Å². The topological polar surface area (TPSA) is 26.8 Å². The number of likely N-dealkylation sites (N-methyl/N-ethyl adjacent to an activating group) is 1. The fourth-order valence-electron chi connectivity index (χ4n) is 4.86. The number of thiophene rings is 1. The minimum Gasteiger partial charge on any atom is -0.341 e.